The third-order valence-electron chi connectivity index (χ3n) is 8.22. The van der Waals surface area contributed by atoms with Crippen LogP contribution in [0.25, 0.3) is 11.3 Å². The molecule has 1 aromatic heterocycles. The zero-order valence-electron chi connectivity index (χ0n) is 24.1. The molecule has 4 unspecified atom stereocenters. The molecule has 4 atom stereocenters. The molecule has 3 N–H and O–H groups in total. The van der Waals surface area contributed by atoms with E-state index >= 15 is 4.39 Å². The van der Waals surface area contributed by atoms with Crippen LogP contribution in [0.3, 0.4) is 0 Å². The van der Waals surface area contributed by atoms with E-state index in [1.165, 1.54) is 0 Å². The minimum Gasteiger partial charge on any atom is -0.381 e. The number of aromatic nitrogens is 2. The number of hydrogen-bond acceptors (Lipinski definition) is 5. The zero-order chi connectivity index (χ0) is 30.3. The first-order chi connectivity index (χ1) is 20.8. The predicted molar refractivity (Wildman–Crippen MR) is 154 cm³/mol. The number of carbonyl (C=O) groups is 1. The van der Waals surface area contributed by atoms with Crippen LogP contribution in [0.2, 0.25) is 0 Å². The molecular weight excluding hydrogens is 564 g/mol. The van der Waals surface area contributed by atoms with Gasteiger partial charge < -0.3 is 24.8 Å². The van der Waals surface area contributed by atoms with Gasteiger partial charge in [-0.25, -0.2) is 22.9 Å². The highest BCUT2D eigenvalue weighted by atomic mass is 19.2. The summed E-state index contributed by atoms with van der Waals surface area (Å²) in [6.07, 6.45) is 1.74. The van der Waals surface area contributed by atoms with Crippen molar-refractivity contribution < 1.29 is 27.2 Å². The van der Waals surface area contributed by atoms with Gasteiger partial charge in [-0.2, -0.15) is 5.54 Å². The van der Waals surface area contributed by atoms with Gasteiger partial charge >= 0.3 is 6.03 Å². The van der Waals surface area contributed by atoms with Crippen LogP contribution in [0, 0.1) is 23.5 Å². The number of nitrogens with zero attached hydrogens (tertiary/aromatic N) is 3. The summed E-state index contributed by atoms with van der Waals surface area (Å²) in [7, 11) is 0. The Morgan fingerprint density at radius 2 is 1.93 bits per heavy atom. The van der Waals surface area contributed by atoms with E-state index in [1.807, 2.05) is 34.9 Å². The second-order valence-corrected chi connectivity index (χ2v) is 11.4. The van der Waals surface area contributed by atoms with Crippen molar-refractivity contribution in [1.82, 2.24) is 30.6 Å². The maximum Gasteiger partial charge on any atom is 0.318 e. The number of urea groups is 1. The molecule has 3 aromatic rings. The Hall–Kier alpha value is -3.48. The highest BCUT2D eigenvalue weighted by Crippen LogP contribution is 2.38. The molecule has 2 fully saturated rings. The summed E-state index contributed by atoms with van der Waals surface area (Å²) in [6, 6.07) is 11.1. The van der Waals surface area contributed by atoms with Gasteiger partial charge in [0.25, 0.3) is 0 Å². The maximum absolute atomic E-state index is 15.0. The molecule has 0 saturated carbocycles. The van der Waals surface area contributed by atoms with Gasteiger partial charge in [-0.15, -0.1) is 4.48 Å². The first-order valence-electron chi connectivity index (χ1n) is 14.7. The Bertz CT molecular complexity index is 1350. The highest BCUT2D eigenvalue weighted by molar-refractivity contribution is 5.75. The van der Waals surface area contributed by atoms with Crippen LogP contribution in [-0.2, 0) is 11.3 Å². The van der Waals surface area contributed by atoms with Crippen molar-refractivity contribution in [2.75, 3.05) is 39.4 Å². The number of hydrogen-bond donors (Lipinski definition) is 3. The van der Waals surface area contributed by atoms with Crippen LogP contribution in [0.1, 0.15) is 37.2 Å². The van der Waals surface area contributed by atoms with E-state index in [4.69, 9.17) is 9.72 Å². The maximum atomic E-state index is 15.0. The molecular formula is C31H38F4N6O2. The van der Waals surface area contributed by atoms with Gasteiger partial charge in [0.2, 0.25) is 0 Å². The number of imidazole rings is 1. The largest absolute Gasteiger partial charge is 0.381 e. The van der Waals surface area contributed by atoms with Gasteiger partial charge in [-0.05, 0) is 49.4 Å². The molecule has 2 aliphatic rings. The van der Waals surface area contributed by atoms with Crippen LogP contribution in [-0.4, -0.2) is 72.1 Å². The number of alkyl halides is 1. The lowest BCUT2D eigenvalue weighted by molar-refractivity contribution is 0.0255. The fourth-order valence-corrected chi connectivity index (χ4v) is 5.95. The summed E-state index contributed by atoms with van der Waals surface area (Å²) in [5, 5.41) is 5.90. The lowest BCUT2D eigenvalue weighted by Gasteiger charge is -2.40. The summed E-state index contributed by atoms with van der Waals surface area (Å²) in [6.45, 7) is 3.53. The summed E-state index contributed by atoms with van der Waals surface area (Å²) >= 11 is 0. The molecule has 43 heavy (non-hydrogen) atoms. The second-order valence-electron chi connectivity index (χ2n) is 11.4. The number of rotatable bonds is 11. The van der Waals surface area contributed by atoms with E-state index in [9.17, 15) is 18.1 Å². The topological polar surface area (TPSA) is 83.5 Å². The van der Waals surface area contributed by atoms with Gasteiger partial charge in [-0.3, -0.25) is 0 Å². The molecule has 0 radical (unpaired) electrons. The Morgan fingerprint density at radius 1 is 1.16 bits per heavy atom. The lowest BCUT2D eigenvalue weighted by atomic mass is 9.89. The van der Waals surface area contributed by atoms with Crippen LogP contribution < -0.4 is 16.2 Å². The Labute approximate surface area is 248 Å². The van der Waals surface area contributed by atoms with Crippen molar-refractivity contribution in [3.8, 4) is 11.3 Å². The van der Waals surface area contributed by atoms with Crippen LogP contribution in [0.15, 0.2) is 54.7 Å². The first-order valence-corrected chi connectivity index (χ1v) is 14.7. The number of halogens is 4. The fraction of sp³-hybridized carbons (Fsp3) is 0.484. The molecule has 2 saturated heterocycles. The van der Waals surface area contributed by atoms with E-state index in [0.29, 0.717) is 45.0 Å². The molecule has 8 nitrogen and oxygen atoms in total. The Kier molecular flexibility index (Phi) is 10.3. The molecule has 0 aliphatic carbocycles. The molecule has 2 aliphatic heterocycles. The van der Waals surface area contributed by atoms with E-state index in [0.717, 1.165) is 23.8 Å². The molecule has 5 rings (SSSR count). The molecule has 2 amide bonds. The average Bonchev–Trinajstić information content (AvgIpc) is 3.60. The SMILES string of the molecule is CC(CNF)NC(=O)N(CC1CNCC1F)C(c1nc(-c2cc(F)ccc2F)cn1Cc1ccccc1)C1CCOCC1. The van der Waals surface area contributed by atoms with Crippen molar-refractivity contribution in [1.29, 1.82) is 0 Å². The number of ether oxygens (including phenoxy) is 1. The fourth-order valence-electron chi connectivity index (χ4n) is 5.95. The molecule has 12 heteroatoms. The normalized spacial score (nSPS) is 20.6. The number of carbonyl (C=O) groups excluding carboxylic acids is 1. The number of amides is 2. The Morgan fingerprint density at radius 3 is 2.63 bits per heavy atom. The average molecular weight is 603 g/mol. The smallest absolute Gasteiger partial charge is 0.318 e. The molecule has 232 valence electrons. The van der Waals surface area contributed by atoms with Gasteiger partial charge in [0, 0.05) is 69.7 Å². The third kappa shape index (κ3) is 7.54. The van der Waals surface area contributed by atoms with E-state index in [-0.39, 0.29) is 36.8 Å². The minimum absolute atomic E-state index is 0.00116. The second kappa shape index (κ2) is 14.3. The first kappa shape index (κ1) is 31.0. The van der Waals surface area contributed by atoms with Crippen molar-refractivity contribution >= 4 is 6.03 Å². The van der Waals surface area contributed by atoms with Gasteiger partial charge in [0.15, 0.2) is 0 Å². The van der Waals surface area contributed by atoms with Crippen molar-refractivity contribution in [2.45, 2.75) is 44.6 Å². The summed E-state index contributed by atoms with van der Waals surface area (Å²) < 4.78 is 64.7. The van der Waals surface area contributed by atoms with Crippen molar-refractivity contribution in [3.05, 3.63) is 77.8 Å². The molecule has 0 bridgehead atoms. The monoisotopic (exact) mass is 602 g/mol. The molecule has 3 heterocycles. The Balaban J connectivity index is 1.63. The highest BCUT2D eigenvalue weighted by Gasteiger charge is 2.40. The standard InChI is InChI=1S/C31H38F4N6O2/c1-20(14-37-35)38-31(42)41(18-23-15-36-16-27(23)34)29(22-9-11-43-12-10-22)30-39-28(25-13-24(32)7-8-26(25)33)19-40(30)17-21-5-3-2-4-6-21/h2-8,13,19-20,22-23,27,29,36-37H,9-12,14-18H2,1H3,(H,38,42). The van der Waals surface area contributed by atoms with Gasteiger partial charge in [0.1, 0.15) is 23.6 Å². The van der Waals surface area contributed by atoms with Gasteiger partial charge in [0.05, 0.1) is 11.7 Å². The lowest BCUT2D eigenvalue weighted by Crippen LogP contribution is -2.52. The van der Waals surface area contributed by atoms with Crippen LogP contribution in [0.5, 0.6) is 0 Å². The molecule has 2 aromatic carbocycles. The molecule has 0 spiro atoms. The summed E-state index contributed by atoms with van der Waals surface area (Å²) in [4.78, 5) is 20.4. The van der Waals surface area contributed by atoms with E-state index in [2.05, 4.69) is 10.6 Å². The van der Waals surface area contributed by atoms with Gasteiger partial charge in [-0.1, -0.05) is 30.3 Å². The number of benzene rings is 2. The zero-order valence-corrected chi connectivity index (χ0v) is 24.1. The van der Waals surface area contributed by atoms with Crippen molar-refractivity contribution in [3.63, 3.8) is 0 Å². The third-order valence-corrected chi connectivity index (χ3v) is 8.22. The predicted octanol–water partition coefficient (Wildman–Crippen LogP) is 4.78. The minimum atomic E-state index is -1.16. The quantitative estimate of drug-likeness (QED) is 0.218. The van der Waals surface area contributed by atoms with Crippen LogP contribution >= 0.6 is 0 Å². The van der Waals surface area contributed by atoms with Crippen LogP contribution in [0.4, 0.5) is 22.4 Å². The van der Waals surface area contributed by atoms with Crippen molar-refractivity contribution in [2.24, 2.45) is 11.8 Å². The summed E-state index contributed by atoms with van der Waals surface area (Å²) in [5.41, 5.74) is 2.75. The van der Waals surface area contributed by atoms with E-state index in [1.54, 1.807) is 23.6 Å². The summed E-state index contributed by atoms with van der Waals surface area (Å²) in [5.74, 6) is -1.35. The van der Waals surface area contributed by atoms with E-state index < -0.39 is 41.8 Å². The number of nitrogens with one attached hydrogen (secondary N) is 3.